The van der Waals surface area contributed by atoms with Crippen LogP contribution in [0.5, 0.6) is 0 Å². The summed E-state index contributed by atoms with van der Waals surface area (Å²) in [5.41, 5.74) is 6.29. The zero-order chi connectivity index (χ0) is 14.6. The Morgan fingerprint density at radius 3 is 2.21 bits per heavy atom. The quantitative estimate of drug-likeness (QED) is 0.754. The van der Waals surface area contributed by atoms with E-state index in [1.807, 2.05) is 0 Å². The lowest BCUT2D eigenvalue weighted by molar-refractivity contribution is -0.149. The number of nitrogens with zero attached hydrogens (tertiary/aromatic N) is 1. The average molecular weight is 264 g/mol. The van der Waals surface area contributed by atoms with Crippen molar-refractivity contribution in [1.82, 2.24) is 4.90 Å². The molecule has 6 nitrogen and oxygen atoms in total. The summed E-state index contributed by atoms with van der Waals surface area (Å²) in [4.78, 5) is 34.7. The molecule has 0 aliphatic heterocycles. The minimum atomic E-state index is -1.15. The van der Waals surface area contributed by atoms with Gasteiger partial charge in [-0.3, -0.25) is 14.4 Å². The Hall–Kier alpha value is -2.37. The summed E-state index contributed by atoms with van der Waals surface area (Å²) in [6, 6.07) is 6.48. The van der Waals surface area contributed by atoms with Crippen molar-refractivity contribution in [2.45, 2.75) is 13.5 Å². The van der Waals surface area contributed by atoms with E-state index in [-0.39, 0.29) is 6.54 Å². The summed E-state index contributed by atoms with van der Waals surface area (Å²) in [5.74, 6) is -3.21. The molecule has 0 aromatic heterocycles. The number of hydrogen-bond acceptors (Lipinski definition) is 3. The van der Waals surface area contributed by atoms with E-state index in [4.69, 9.17) is 10.8 Å². The Balaban J connectivity index is 2.71. The smallest absolute Gasteiger partial charge is 0.315 e. The van der Waals surface area contributed by atoms with Gasteiger partial charge in [-0.25, -0.2) is 0 Å². The minimum absolute atomic E-state index is 0.273. The Kier molecular flexibility index (Phi) is 4.63. The fraction of sp³-hybridized carbons (Fsp3) is 0.308. The van der Waals surface area contributed by atoms with Gasteiger partial charge in [-0.1, -0.05) is 12.1 Å². The molecular formula is C13H16N2O4. The van der Waals surface area contributed by atoms with Crippen molar-refractivity contribution >= 4 is 17.8 Å². The topological polar surface area (TPSA) is 101 Å². The van der Waals surface area contributed by atoms with E-state index in [0.29, 0.717) is 5.56 Å². The molecule has 0 fully saturated rings. The van der Waals surface area contributed by atoms with Crippen molar-refractivity contribution in [3.05, 3.63) is 35.4 Å². The standard InChI is InChI=1S/C13H16N2O4/c1-8(13(18)19)12(17)15(2)7-9-3-5-10(6-4-9)11(14)16/h3-6,8H,7H2,1-2H3,(H2,14,16)(H,18,19). The molecule has 1 atom stereocenters. The van der Waals surface area contributed by atoms with E-state index in [1.54, 1.807) is 24.3 Å². The van der Waals surface area contributed by atoms with Crippen LogP contribution in [0.3, 0.4) is 0 Å². The van der Waals surface area contributed by atoms with Crippen molar-refractivity contribution < 1.29 is 19.5 Å². The van der Waals surface area contributed by atoms with E-state index in [0.717, 1.165) is 5.56 Å². The second-order valence-corrected chi connectivity index (χ2v) is 4.32. The van der Waals surface area contributed by atoms with Crippen LogP contribution in [-0.4, -0.2) is 34.8 Å². The highest BCUT2D eigenvalue weighted by Gasteiger charge is 2.23. The average Bonchev–Trinajstić information content (AvgIpc) is 2.37. The maximum atomic E-state index is 11.7. The molecule has 0 spiro atoms. The summed E-state index contributed by atoms with van der Waals surface area (Å²) >= 11 is 0. The second-order valence-electron chi connectivity index (χ2n) is 4.32. The normalized spacial score (nSPS) is 11.7. The van der Waals surface area contributed by atoms with Crippen LogP contribution in [0.4, 0.5) is 0 Å². The SMILES string of the molecule is CC(C(=O)O)C(=O)N(C)Cc1ccc(C(N)=O)cc1. The van der Waals surface area contributed by atoms with Crippen LogP contribution in [-0.2, 0) is 16.1 Å². The van der Waals surface area contributed by atoms with Gasteiger partial charge in [0.1, 0.15) is 5.92 Å². The molecule has 1 aromatic rings. The van der Waals surface area contributed by atoms with Gasteiger partial charge in [0.2, 0.25) is 11.8 Å². The molecule has 0 heterocycles. The Bertz CT molecular complexity index is 496. The van der Waals surface area contributed by atoms with Gasteiger partial charge >= 0.3 is 5.97 Å². The first-order valence-electron chi connectivity index (χ1n) is 5.69. The van der Waals surface area contributed by atoms with Crippen LogP contribution in [0.1, 0.15) is 22.8 Å². The van der Waals surface area contributed by atoms with E-state index >= 15 is 0 Å². The molecular weight excluding hydrogens is 248 g/mol. The molecule has 19 heavy (non-hydrogen) atoms. The van der Waals surface area contributed by atoms with Crippen molar-refractivity contribution in [2.75, 3.05) is 7.05 Å². The van der Waals surface area contributed by atoms with Crippen molar-refractivity contribution in [1.29, 1.82) is 0 Å². The van der Waals surface area contributed by atoms with Gasteiger partial charge in [0.25, 0.3) is 0 Å². The summed E-state index contributed by atoms with van der Waals surface area (Å²) in [7, 11) is 1.53. The molecule has 0 bridgehead atoms. The van der Waals surface area contributed by atoms with Crippen molar-refractivity contribution in [2.24, 2.45) is 11.7 Å². The maximum Gasteiger partial charge on any atom is 0.315 e. The Morgan fingerprint density at radius 2 is 1.79 bits per heavy atom. The second kappa shape index (κ2) is 5.99. The number of hydrogen-bond donors (Lipinski definition) is 2. The molecule has 0 saturated carbocycles. The van der Waals surface area contributed by atoms with Crippen LogP contribution < -0.4 is 5.73 Å². The lowest BCUT2D eigenvalue weighted by Gasteiger charge is -2.19. The number of primary amides is 1. The minimum Gasteiger partial charge on any atom is -0.481 e. The predicted octanol–water partition coefficient (Wildman–Crippen LogP) is 0.465. The van der Waals surface area contributed by atoms with Gasteiger partial charge < -0.3 is 15.7 Å². The number of carbonyl (C=O) groups is 3. The summed E-state index contributed by atoms with van der Waals surface area (Å²) in [6.07, 6.45) is 0. The first kappa shape index (κ1) is 14.7. The number of carbonyl (C=O) groups excluding carboxylic acids is 2. The molecule has 0 aliphatic rings. The van der Waals surface area contributed by atoms with Gasteiger partial charge in [-0.2, -0.15) is 0 Å². The Morgan fingerprint density at radius 1 is 1.26 bits per heavy atom. The third-order valence-corrected chi connectivity index (χ3v) is 2.78. The summed E-state index contributed by atoms with van der Waals surface area (Å²) in [6.45, 7) is 1.62. The van der Waals surface area contributed by atoms with Crippen LogP contribution in [0.25, 0.3) is 0 Å². The summed E-state index contributed by atoms with van der Waals surface area (Å²) in [5, 5.41) is 8.77. The third-order valence-electron chi connectivity index (χ3n) is 2.78. The van der Waals surface area contributed by atoms with Crippen LogP contribution in [0.15, 0.2) is 24.3 Å². The highest BCUT2D eigenvalue weighted by atomic mass is 16.4. The molecule has 102 valence electrons. The number of carboxylic acid groups (broad SMARTS) is 1. The highest BCUT2D eigenvalue weighted by Crippen LogP contribution is 2.09. The molecule has 1 unspecified atom stereocenters. The largest absolute Gasteiger partial charge is 0.481 e. The number of aliphatic carboxylic acids is 1. The highest BCUT2D eigenvalue weighted by molar-refractivity contribution is 5.96. The lowest BCUT2D eigenvalue weighted by atomic mass is 10.1. The zero-order valence-electron chi connectivity index (χ0n) is 10.8. The van der Waals surface area contributed by atoms with Gasteiger partial charge in [0.05, 0.1) is 0 Å². The van der Waals surface area contributed by atoms with E-state index < -0.39 is 23.7 Å². The van der Waals surface area contributed by atoms with Crippen molar-refractivity contribution in [3.8, 4) is 0 Å². The molecule has 0 radical (unpaired) electrons. The number of carboxylic acids is 1. The third kappa shape index (κ3) is 3.80. The first-order chi connectivity index (χ1) is 8.82. The predicted molar refractivity (Wildman–Crippen MR) is 68.2 cm³/mol. The lowest BCUT2D eigenvalue weighted by Crippen LogP contribution is -2.34. The molecule has 2 amide bonds. The summed E-state index contributed by atoms with van der Waals surface area (Å²) < 4.78 is 0. The number of nitrogens with two attached hydrogens (primary N) is 1. The maximum absolute atomic E-state index is 11.7. The molecule has 1 rings (SSSR count). The Labute approximate surface area is 110 Å². The molecule has 6 heteroatoms. The molecule has 0 aliphatic carbocycles. The van der Waals surface area contributed by atoms with Crippen molar-refractivity contribution in [3.63, 3.8) is 0 Å². The van der Waals surface area contributed by atoms with Gasteiger partial charge in [0.15, 0.2) is 0 Å². The van der Waals surface area contributed by atoms with E-state index in [9.17, 15) is 14.4 Å². The molecule has 1 aromatic carbocycles. The zero-order valence-corrected chi connectivity index (χ0v) is 10.8. The van der Waals surface area contributed by atoms with Crippen LogP contribution >= 0.6 is 0 Å². The van der Waals surface area contributed by atoms with Crippen LogP contribution in [0, 0.1) is 5.92 Å². The fourth-order valence-electron chi connectivity index (χ4n) is 1.56. The number of benzene rings is 1. The van der Waals surface area contributed by atoms with E-state index in [2.05, 4.69) is 0 Å². The first-order valence-corrected chi connectivity index (χ1v) is 5.69. The molecule has 0 saturated heterocycles. The fourth-order valence-corrected chi connectivity index (χ4v) is 1.56. The number of amides is 2. The van der Waals surface area contributed by atoms with Gasteiger partial charge in [-0.05, 0) is 24.6 Å². The van der Waals surface area contributed by atoms with Gasteiger partial charge in [-0.15, -0.1) is 0 Å². The van der Waals surface area contributed by atoms with E-state index in [1.165, 1.54) is 18.9 Å². The van der Waals surface area contributed by atoms with Gasteiger partial charge in [0, 0.05) is 19.2 Å². The van der Waals surface area contributed by atoms with Crippen LogP contribution in [0.2, 0.25) is 0 Å². The monoisotopic (exact) mass is 264 g/mol. The molecule has 3 N–H and O–H groups in total. The number of rotatable bonds is 5.